The van der Waals surface area contributed by atoms with Gasteiger partial charge in [0.1, 0.15) is 0 Å². The molecule has 1 unspecified atom stereocenters. The van der Waals surface area contributed by atoms with E-state index in [2.05, 4.69) is 73.8 Å². The van der Waals surface area contributed by atoms with Crippen LogP contribution in [0, 0.1) is 16.4 Å². The summed E-state index contributed by atoms with van der Waals surface area (Å²) in [5.74, 6) is 0.824. The zero-order valence-electron chi connectivity index (χ0n) is 12.1. The zero-order chi connectivity index (χ0) is 13.5. The third-order valence-corrected chi connectivity index (χ3v) is 5.24. The minimum absolute atomic E-state index is 0.506. The summed E-state index contributed by atoms with van der Waals surface area (Å²) < 4.78 is 1.42. The summed E-state index contributed by atoms with van der Waals surface area (Å²) >= 11 is 2.49. The number of benzene rings is 1. The molecule has 0 saturated carbocycles. The van der Waals surface area contributed by atoms with Crippen molar-refractivity contribution in [3.63, 3.8) is 0 Å². The molecule has 1 rings (SSSR count). The van der Waals surface area contributed by atoms with E-state index < -0.39 is 0 Å². The van der Waals surface area contributed by atoms with Crippen molar-refractivity contribution in [1.29, 1.82) is 0 Å². The Labute approximate surface area is 126 Å². The van der Waals surface area contributed by atoms with Gasteiger partial charge in [0, 0.05) is 9.61 Å². The SMILES string of the molecule is CCNC(CC(CC)CC)c1cccc(C)c1I. The molecule has 0 aliphatic rings. The molecular formula is C16H26IN. The maximum absolute atomic E-state index is 3.66. The molecule has 0 aliphatic heterocycles. The van der Waals surface area contributed by atoms with Crippen molar-refractivity contribution in [1.82, 2.24) is 5.32 Å². The second-order valence-electron chi connectivity index (χ2n) is 5.01. The van der Waals surface area contributed by atoms with Crippen molar-refractivity contribution >= 4 is 22.6 Å². The monoisotopic (exact) mass is 359 g/mol. The van der Waals surface area contributed by atoms with Crippen LogP contribution in [0.4, 0.5) is 0 Å². The predicted octanol–water partition coefficient (Wildman–Crippen LogP) is 5.08. The van der Waals surface area contributed by atoms with E-state index in [-0.39, 0.29) is 0 Å². The molecule has 0 heterocycles. The Morgan fingerprint density at radius 2 is 1.83 bits per heavy atom. The standard InChI is InChI=1S/C16H26IN/c1-5-13(6-2)11-15(18-7-3)14-10-8-9-12(4)16(14)17/h8-10,13,15,18H,5-7,11H2,1-4H3. The number of aryl methyl sites for hydroxylation is 1. The van der Waals surface area contributed by atoms with Gasteiger partial charge < -0.3 is 5.32 Å². The smallest absolute Gasteiger partial charge is 0.0333 e. The molecular weight excluding hydrogens is 333 g/mol. The second kappa shape index (κ2) is 8.16. The fourth-order valence-electron chi connectivity index (χ4n) is 2.46. The topological polar surface area (TPSA) is 12.0 Å². The molecule has 1 N–H and O–H groups in total. The second-order valence-corrected chi connectivity index (χ2v) is 6.09. The van der Waals surface area contributed by atoms with E-state index in [9.17, 15) is 0 Å². The molecule has 0 saturated heterocycles. The normalized spacial score (nSPS) is 13.0. The lowest BCUT2D eigenvalue weighted by Gasteiger charge is -2.24. The molecule has 1 nitrogen and oxygen atoms in total. The number of hydrogen-bond acceptors (Lipinski definition) is 1. The molecule has 0 fully saturated rings. The summed E-state index contributed by atoms with van der Waals surface area (Å²) in [4.78, 5) is 0. The molecule has 2 heteroatoms. The van der Waals surface area contributed by atoms with E-state index in [0.717, 1.165) is 12.5 Å². The minimum Gasteiger partial charge on any atom is -0.310 e. The summed E-state index contributed by atoms with van der Waals surface area (Å²) in [6, 6.07) is 7.17. The summed E-state index contributed by atoms with van der Waals surface area (Å²) in [7, 11) is 0. The number of hydrogen-bond donors (Lipinski definition) is 1. The quantitative estimate of drug-likeness (QED) is 0.670. The minimum atomic E-state index is 0.506. The van der Waals surface area contributed by atoms with Crippen molar-refractivity contribution in [2.45, 2.75) is 53.0 Å². The highest BCUT2D eigenvalue weighted by atomic mass is 127. The third-order valence-electron chi connectivity index (χ3n) is 3.77. The van der Waals surface area contributed by atoms with E-state index in [1.165, 1.54) is 34.0 Å². The number of nitrogens with one attached hydrogen (secondary N) is 1. The van der Waals surface area contributed by atoms with Gasteiger partial charge in [-0.15, -0.1) is 0 Å². The van der Waals surface area contributed by atoms with Crippen molar-refractivity contribution in [2.24, 2.45) is 5.92 Å². The van der Waals surface area contributed by atoms with Crippen LogP contribution in [0.5, 0.6) is 0 Å². The fraction of sp³-hybridized carbons (Fsp3) is 0.625. The molecule has 1 aromatic rings. The molecule has 0 bridgehead atoms. The molecule has 102 valence electrons. The zero-order valence-corrected chi connectivity index (χ0v) is 14.3. The summed E-state index contributed by atoms with van der Waals surface area (Å²) in [5, 5.41) is 3.66. The average Bonchev–Trinajstić information content (AvgIpc) is 2.38. The Hall–Kier alpha value is -0.0900. The molecule has 18 heavy (non-hydrogen) atoms. The lowest BCUT2D eigenvalue weighted by Crippen LogP contribution is -2.24. The van der Waals surface area contributed by atoms with Crippen LogP contribution in [-0.4, -0.2) is 6.54 Å². The van der Waals surface area contributed by atoms with Crippen molar-refractivity contribution in [3.8, 4) is 0 Å². The Morgan fingerprint density at radius 1 is 1.17 bits per heavy atom. The molecule has 0 spiro atoms. The highest BCUT2D eigenvalue weighted by Crippen LogP contribution is 2.29. The van der Waals surface area contributed by atoms with Crippen molar-refractivity contribution in [3.05, 3.63) is 32.9 Å². The third kappa shape index (κ3) is 4.23. The molecule has 0 aromatic heterocycles. The fourth-order valence-corrected chi connectivity index (χ4v) is 3.20. The lowest BCUT2D eigenvalue weighted by molar-refractivity contribution is 0.374. The molecule has 1 aromatic carbocycles. The van der Waals surface area contributed by atoms with Crippen LogP contribution in [0.2, 0.25) is 0 Å². The van der Waals surface area contributed by atoms with Gasteiger partial charge in [0.2, 0.25) is 0 Å². The van der Waals surface area contributed by atoms with Gasteiger partial charge in [-0.3, -0.25) is 0 Å². The maximum Gasteiger partial charge on any atom is 0.0333 e. The number of halogens is 1. The van der Waals surface area contributed by atoms with Gasteiger partial charge >= 0.3 is 0 Å². The summed E-state index contributed by atoms with van der Waals surface area (Å²) in [6.07, 6.45) is 3.81. The molecule has 0 radical (unpaired) electrons. The van der Waals surface area contributed by atoms with Gasteiger partial charge in [-0.25, -0.2) is 0 Å². The highest BCUT2D eigenvalue weighted by Gasteiger charge is 2.17. The van der Waals surface area contributed by atoms with Gasteiger partial charge in [-0.2, -0.15) is 0 Å². The highest BCUT2D eigenvalue weighted by molar-refractivity contribution is 14.1. The summed E-state index contributed by atoms with van der Waals surface area (Å²) in [6.45, 7) is 10.0. The van der Waals surface area contributed by atoms with Crippen LogP contribution >= 0.6 is 22.6 Å². The van der Waals surface area contributed by atoms with Crippen molar-refractivity contribution < 1.29 is 0 Å². The first-order valence-corrected chi connectivity index (χ1v) is 8.20. The van der Waals surface area contributed by atoms with Crippen LogP contribution < -0.4 is 5.32 Å². The first kappa shape index (κ1) is 16.0. The van der Waals surface area contributed by atoms with Crippen molar-refractivity contribution in [2.75, 3.05) is 6.54 Å². The van der Waals surface area contributed by atoms with Gasteiger partial charge in [-0.05, 0) is 59.5 Å². The van der Waals surface area contributed by atoms with E-state index in [0.29, 0.717) is 6.04 Å². The van der Waals surface area contributed by atoms with E-state index in [1.807, 2.05) is 0 Å². The number of rotatable bonds is 7. The Morgan fingerprint density at radius 3 is 2.39 bits per heavy atom. The Bertz CT molecular complexity index is 358. The first-order valence-electron chi connectivity index (χ1n) is 7.12. The molecule has 1 atom stereocenters. The van der Waals surface area contributed by atoms with Gasteiger partial charge in [-0.1, -0.05) is 51.8 Å². The Kier molecular flexibility index (Phi) is 7.23. The van der Waals surface area contributed by atoms with E-state index in [4.69, 9.17) is 0 Å². The predicted molar refractivity (Wildman–Crippen MR) is 89.0 cm³/mol. The average molecular weight is 359 g/mol. The molecule has 0 aliphatic carbocycles. The molecule has 0 amide bonds. The van der Waals surface area contributed by atoms with Crippen LogP contribution in [0.1, 0.15) is 57.2 Å². The van der Waals surface area contributed by atoms with Gasteiger partial charge in [0.15, 0.2) is 0 Å². The van der Waals surface area contributed by atoms with E-state index in [1.54, 1.807) is 0 Å². The lowest BCUT2D eigenvalue weighted by atomic mass is 9.90. The first-order chi connectivity index (χ1) is 8.63. The Balaban J connectivity index is 2.93. The van der Waals surface area contributed by atoms with Crippen LogP contribution in [0.25, 0.3) is 0 Å². The van der Waals surface area contributed by atoms with Gasteiger partial charge in [0.25, 0.3) is 0 Å². The largest absolute Gasteiger partial charge is 0.310 e. The van der Waals surface area contributed by atoms with Gasteiger partial charge in [0.05, 0.1) is 0 Å². The van der Waals surface area contributed by atoms with Crippen LogP contribution in [-0.2, 0) is 0 Å². The van der Waals surface area contributed by atoms with Crippen LogP contribution in [0.15, 0.2) is 18.2 Å². The maximum atomic E-state index is 3.66. The van der Waals surface area contributed by atoms with E-state index >= 15 is 0 Å². The summed E-state index contributed by atoms with van der Waals surface area (Å²) in [5.41, 5.74) is 2.87. The van der Waals surface area contributed by atoms with Crippen LogP contribution in [0.3, 0.4) is 0 Å².